The number of nitrogens with zero attached hydrogens (tertiary/aromatic N) is 1. The number of carbonyl (C=O) groups is 2. The summed E-state index contributed by atoms with van der Waals surface area (Å²) >= 11 is 0. The first kappa shape index (κ1) is 17.2. The number of nitrogens with two attached hydrogens (primary N) is 1. The van der Waals surface area contributed by atoms with Crippen LogP contribution in [0.15, 0.2) is 12.1 Å². The van der Waals surface area contributed by atoms with Crippen molar-refractivity contribution in [2.45, 2.75) is 32.9 Å². The number of amides is 1. The largest absolute Gasteiger partial charge is 0.462 e. The first-order valence-electron chi connectivity index (χ1n) is 7.65. The fourth-order valence-electron chi connectivity index (χ4n) is 2.77. The zero-order chi connectivity index (χ0) is 17.0. The lowest BCUT2D eigenvalue weighted by Crippen LogP contribution is -2.35. The molecule has 3 N–H and O–H groups in total. The molecule has 1 aliphatic rings. The van der Waals surface area contributed by atoms with Gasteiger partial charge in [0.25, 0.3) is 0 Å². The number of esters is 1. The lowest BCUT2D eigenvalue weighted by molar-refractivity contribution is -0.119. The maximum absolute atomic E-state index is 14.2. The van der Waals surface area contributed by atoms with Crippen molar-refractivity contribution in [2.75, 3.05) is 25.4 Å². The van der Waals surface area contributed by atoms with E-state index in [9.17, 15) is 14.0 Å². The van der Waals surface area contributed by atoms with Gasteiger partial charge in [0.05, 0.1) is 12.2 Å². The molecule has 126 valence electrons. The van der Waals surface area contributed by atoms with Gasteiger partial charge in [0.2, 0.25) is 5.91 Å². The van der Waals surface area contributed by atoms with E-state index < -0.39 is 11.8 Å². The molecule has 1 fully saturated rings. The molecule has 1 saturated heterocycles. The molecule has 1 aliphatic heterocycles. The van der Waals surface area contributed by atoms with Gasteiger partial charge < -0.3 is 15.8 Å². The van der Waals surface area contributed by atoms with Gasteiger partial charge in [0.15, 0.2) is 0 Å². The Hall–Kier alpha value is -2.15. The molecule has 0 saturated carbocycles. The van der Waals surface area contributed by atoms with Gasteiger partial charge in [0, 0.05) is 43.9 Å². The Kier molecular flexibility index (Phi) is 5.54. The Morgan fingerprint density at radius 2 is 2.22 bits per heavy atom. The molecule has 0 aromatic heterocycles. The van der Waals surface area contributed by atoms with Crippen LogP contribution >= 0.6 is 0 Å². The molecule has 0 radical (unpaired) electrons. The molecule has 6 nitrogen and oxygen atoms in total. The molecule has 1 aromatic rings. The van der Waals surface area contributed by atoms with Crippen molar-refractivity contribution in [2.24, 2.45) is 0 Å². The third-order valence-electron chi connectivity index (χ3n) is 3.79. The number of hydrogen-bond acceptors (Lipinski definition) is 5. The number of ether oxygens (including phenoxy) is 1. The molecule has 23 heavy (non-hydrogen) atoms. The molecule has 1 aromatic carbocycles. The van der Waals surface area contributed by atoms with Crippen LogP contribution in [0.1, 0.15) is 36.2 Å². The SMILES string of the molecule is CCOC(=O)c1cc(F)c(CN2CC[C@@H](NC(C)=O)C2)cc1N. The van der Waals surface area contributed by atoms with Crippen molar-refractivity contribution >= 4 is 17.6 Å². The Balaban J connectivity index is 2.05. The quantitative estimate of drug-likeness (QED) is 0.630. The van der Waals surface area contributed by atoms with Gasteiger partial charge in [-0.05, 0) is 25.5 Å². The smallest absolute Gasteiger partial charge is 0.340 e. The van der Waals surface area contributed by atoms with Crippen molar-refractivity contribution in [3.63, 3.8) is 0 Å². The van der Waals surface area contributed by atoms with Crippen molar-refractivity contribution < 1.29 is 18.7 Å². The van der Waals surface area contributed by atoms with E-state index >= 15 is 0 Å². The molecular formula is C16H22FN3O3. The number of benzene rings is 1. The summed E-state index contributed by atoms with van der Waals surface area (Å²) in [5, 5.41) is 2.86. The summed E-state index contributed by atoms with van der Waals surface area (Å²) in [6.07, 6.45) is 0.831. The van der Waals surface area contributed by atoms with Gasteiger partial charge in [-0.2, -0.15) is 0 Å². The number of anilines is 1. The summed E-state index contributed by atoms with van der Waals surface area (Å²) in [6.45, 7) is 5.19. The van der Waals surface area contributed by atoms with E-state index in [0.717, 1.165) is 19.0 Å². The minimum absolute atomic E-state index is 0.0469. The second-order valence-electron chi connectivity index (χ2n) is 5.67. The van der Waals surface area contributed by atoms with Crippen LogP contribution in [0.2, 0.25) is 0 Å². The molecule has 7 heteroatoms. The highest BCUT2D eigenvalue weighted by Gasteiger charge is 2.24. The van der Waals surface area contributed by atoms with Crippen LogP contribution < -0.4 is 11.1 Å². The Morgan fingerprint density at radius 1 is 1.48 bits per heavy atom. The first-order valence-corrected chi connectivity index (χ1v) is 7.65. The molecule has 0 bridgehead atoms. The average molecular weight is 323 g/mol. The monoisotopic (exact) mass is 323 g/mol. The first-order chi connectivity index (χ1) is 10.9. The van der Waals surface area contributed by atoms with Gasteiger partial charge in [-0.15, -0.1) is 0 Å². The highest BCUT2D eigenvalue weighted by atomic mass is 19.1. The number of halogens is 1. The van der Waals surface area contributed by atoms with Crippen LogP contribution in [-0.4, -0.2) is 42.5 Å². The van der Waals surface area contributed by atoms with E-state index in [1.807, 2.05) is 4.90 Å². The van der Waals surface area contributed by atoms with Crippen molar-refractivity contribution in [1.29, 1.82) is 0 Å². The molecule has 0 aliphatic carbocycles. The summed E-state index contributed by atoms with van der Waals surface area (Å²) in [5.74, 6) is -1.17. The number of nitrogen functional groups attached to an aromatic ring is 1. The summed E-state index contributed by atoms with van der Waals surface area (Å²) in [6, 6.07) is 2.70. The number of hydrogen-bond donors (Lipinski definition) is 2. The summed E-state index contributed by atoms with van der Waals surface area (Å²) in [7, 11) is 0. The summed E-state index contributed by atoms with van der Waals surface area (Å²) < 4.78 is 19.1. The van der Waals surface area contributed by atoms with Crippen LogP contribution in [0.4, 0.5) is 10.1 Å². The molecule has 1 atom stereocenters. The fourth-order valence-corrected chi connectivity index (χ4v) is 2.77. The van der Waals surface area contributed by atoms with Gasteiger partial charge in [-0.25, -0.2) is 9.18 Å². The van der Waals surface area contributed by atoms with Crippen molar-refractivity contribution in [3.05, 3.63) is 29.1 Å². The van der Waals surface area contributed by atoms with Crippen LogP contribution in [0.3, 0.4) is 0 Å². The standard InChI is InChI=1S/C16H22FN3O3/c1-3-23-16(22)13-7-14(17)11(6-15(13)18)8-20-5-4-12(9-20)19-10(2)21/h6-7,12H,3-5,8-9,18H2,1-2H3,(H,19,21)/t12-/m1/s1. The normalized spacial score (nSPS) is 18.0. The zero-order valence-corrected chi connectivity index (χ0v) is 13.4. The van der Waals surface area contributed by atoms with Gasteiger partial charge in [0.1, 0.15) is 5.82 Å². The molecule has 1 amide bonds. The van der Waals surface area contributed by atoms with E-state index in [2.05, 4.69) is 5.32 Å². The van der Waals surface area contributed by atoms with Crippen LogP contribution in [0.25, 0.3) is 0 Å². The van der Waals surface area contributed by atoms with E-state index in [4.69, 9.17) is 10.5 Å². The van der Waals surface area contributed by atoms with E-state index in [0.29, 0.717) is 18.7 Å². The molecular weight excluding hydrogens is 301 g/mol. The summed E-state index contributed by atoms with van der Waals surface area (Å²) in [4.78, 5) is 24.8. The van der Waals surface area contributed by atoms with Crippen LogP contribution in [-0.2, 0) is 16.1 Å². The Bertz CT molecular complexity index is 606. The molecule has 2 rings (SSSR count). The molecule has 1 heterocycles. The lowest BCUT2D eigenvalue weighted by atomic mass is 10.1. The molecule has 0 spiro atoms. The maximum atomic E-state index is 14.2. The van der Waals surface area contributed by atoms with Crippen LogP contribution in [0.5, 0.6) is 0 Å². The molecule has 0 unspecified atom stereocenters. The lowest BCUT2D eigenvalue weighted by Gasteiger charge is -2.17. The Labute approximate surface area is 134 Å². The third-order valence-corrected chi connectivity index (χ3v) is 3.79. The van der Waals surface area contributed by atoms with E-state index in [1.54, 1.807) is 6.92 Å². The topological polar surface area (TPSA) is 84.7 Å². The Morgan fingerprint density at radius 3 is 2.87 bits per heavy atom. The minimum Gasteiger partial charge on any atom is -0.462 e. The van der Waals surface area contributed by atoms with Gasteiger partial charge in [-0.1, -0.05) is 0 Å². The number of likely N-dealkylation sites (tertiary alicyclic amines) is 1. The van der Waals surface area contributed by atoms with Crippen molar-refractivity contribution in [3.8, 4) is 0 Å². The average Bonchev–Trinajstić information content (AvgIpc) is 2.89. The number of nitrogens with one attached hydrogen (secondary N) is 1. The van der Waals surface area contributed by atoms with Gasteiger partial charge >= 0.3 is 5.97 Å². The fraction of sp³-hybridized carbons (Fsp3) is 0.500. The second-order valence-corrected chi connectivity index (χ2v) is 5.67. The van der Waals surface area contributed by atoms with Crippen molar-refractivity contribution in [1.82, 2.24) is 10.2 Å². The van der Waals surface area contributed by atoms with E-state index in [1.165, 1.54) is 13.0 Å². The summed E-state index contributed by atoms with van der Waals surface area (Å²) in [5.41, 5.74) is 6.53. The maximum Gasteiger partial charge on any atom is 0.340 e. The number of carbonyl (C=O) groups excluding carboxylic acids is 2. The minimum atomic E-state index is -0.623. The third kappa shape index (κ3) is 4.41. The van der Waals surface area contributed by atoms with Gasteiger partial charge in [-0.3, -0.25) is 9.69 Å². The second kappa shape index (κ2) is 7.41. The predicted octanol–water partition coefficient (Wildman–Crippen LogP) is 1.29. The number of rotatable bonds is 5. The van der Waals surface area contributed by atoms with E-state index in [-0.39, 0.29) is 29.8 Å². The van der Waals surface area contributed by atoms with Crippen LogP contribution in [0, 0.1) is 5.82 Å². The zero-order valence-electron chi connectivity index (χ0n) is 13.4. The predicted molar refractivity (Wildman–Crippen MR) is 84.3 cm³/mol. The highest BCUT2D eigenvalue weighted by molar-refractivity contribution is 5.95. The highest BCUT2D eigenvalue weighted by Crippen LogP contribution is 2.22.